The lowest BCUT2D eigenvalue weighted by molar-refractivity contribution is -0.116. The van der Waals surface area contributed by atoms with E-state index in [-0.39, 0.29) is 5.91 Å². The molecule has 0 bridgehead atoms. The number of thiazole rings is 1. The Hall–Kier alpha value is -2.08. The third-order valence-corrected chi connectivity index (χ3v) is 4.51. The fourth-order valence-electron chi connectivity index (χ4n) is 2.47. The van der Waals surface area contributed by atoms with Crippen LogP contribution in [-0.2, 0) is 11.2 Å². The van der Waals surface area contributed by atoms with Crippen molar-refractivity contribution >= 4 is 33.8 Å². The Labute approximate surface area is 141 Å². The molecule has 0 radical (unpaired) electrons. The van der Waals surface area contributed by atoms with Gasteiger partial charge in [-0.15, -0.1) is 11.3 Å². The minimum atomic E-state index is -0.00439. The first kappa shape index (κ1) is 17.3. The maximum absolute atomic E-state index is 12.1. The van der Waals surface area contributed by atoms with Gasteiger partial charge in [-0.25, -0.2) is 4.98 Å². The van der Waals surface area contributed by atoms with Crippen LogP contribution >= 0.6 is 11.3 Å². The maximum atomic E-state index is 12.1. The zero-order valence-corrected chi connectivity index (χ0v) is 14.7. The number of anilines is 3. The van der Waals surface area contributed by atoms with Gasteiger partial charge < -0.3 is 16.0 Å². The van der Waals surface area contributed by atoms with Crippen LogP contribution in [0.15, 0.2) is 23.6 Å². The lowest BCUT2D eigenvalue weighted by Crippen LogP contribution is -2.22. The number of hydrogen-bond donors (Lipinski definition) is 2. The summed E-state index contributed by atoms with van der Waals surface area (Å²) in [6.45, 7) is 8.24. The molecule has 0 spiro atoms. The van der Waals surface area contributed by atoms with Gasteiger partial charge in [0, 0.05) is 36.3 Å². The van der Waals surface area contributed by atoms with E-state index in [0.717, 1.165) is 30.0 Å². The molecule has 0 saturated carbocycles. The molecule has 1 heterocycles. The van der Waals surface area contributed by atoms with E-state index in [9.17, 15) is 4.79 Å². The predicted molar refractivity (Wildman–Crippen MR) is 98.2 cm³/mol. The monoisotopic (exact) mass is 332 g/mol. The quantitative estimate of drug-likeness (QED) is 0.814. The summed E-state index contributed by atoms with van der Waals surface area (Å²) in [5.74, 6) is -0.00439. The van der Waals surface area contributed by atoms with Gasteiger partial charge in [0.05, 0.1) is 5.69 Å². The molecular weight excluding hydrogens is 308 g/mol. The predicted octanol–water partition coefficient (Wildman–Crippen LogP) is 3.45. The van der Waals surface area contributed by atoms with Gasteiger partial charge in [0.25, 0.3) is 0 Å². The summed E-state index contributed by atoms with van der Waals surface area (Å²) >= 11 is 1.40. The Morgan fingerprint density at radius 1 is 1.35 bits per heavy atom. The molecule has 5 nitrogen and oxygen atoms in total. The molecule has 124 valence electrons. The summed E-state index contributed by atoms with van der Waals surface area (Å²) in [5, 5.41) is 5.42. The van der Waals surface area contributed by atoms with Crippen LogP contribution in [0.4, 0.5) is 16.5 Å². The van der Waals surface area contributed by atoms with Crippen molar-refractivity contribution in [2.45, 2.75) is 33.6 Å². The van der Waals surface area contributed by atoms with Crippen molar-refractivity contribution in [3.05, 3.63) is 34.8 Å². The van der Waals surface area contributed by atoms with Gasteiger partial charge in [0.1, 0.15) is 0 Å². The van der Waals surface area contributed by atoms with Gasteiger partial charge in [0.15, 0.2) is 5.13 Å². The molecule has 0 unspecified atom stereocenters. The Kier molecular flexibility index (Phi) is 5.98. The molecule has 2 aromatic rings. The van der Waals surface area contributed by atoms with Crippen molar-refractivity contribution in [3.63, 3.8) is 0 Å². The van der Waals surface area contributed by atoms with E-state index in [1.165, 1.54) is 17.0 Å². The lowest BCUT2D eigenvalue weighted by atomic mass is 10.1. The normalized spacial score (nSPS) is 10.6. The highest BCUT2D eigenvalue weighted by molar-refractivity contribution is 7.13. The van der Waals surface area contributed by atoms with Crippen molar-refractivity contribution in [3.8, 4) is 0 Å². The number of hydrogen-bond acceptors (Lipinski definition) is 5. The van der Waals surface area contributed by atoms with Gasteiger partial charge in [-0.05, 0) is 51.0 Å². The van der Waals surface area contributed by atoms with E-state index < -0.39 is 0 Å². The Morgan fingerprint density at radius 3 is 2.65 bits per heavy atom. The molecule has 1 aromatic heterocycles. The third kappa shape index (κ3) is 4.69. The average Bonchev–Trinajstić information content (AvgIpc) is 2.95. The van der Waals surface area contributed by atoms with Crippen LogP contribution in [0.3, 0.4) is 0 Å². The Morgan fingerprint density at radius 2 is 2.09 bits per heavy atom. The number of nitrogen functional groups attached to an aromatic ring is 1. The first-order chi connectivity index (χ1) is 11.0. The number of rotatable bonds is 7. The number of carbonyl (C=O) groups excluding carboxylic acids is 1. The van der Waals surface area contributed by atoms with E-state index in [1.54, 1.807) is 0 Å². The van der Waals surface area contributed by atoms with Gasteiger partial charge >= 0.3 is 0 Å². The second-order valence-electron chi connectivity index (χ2n) is 5.40. The SMILES string of the molecule is CCN(CC)c1ccc(NC(=O)CCc2csc(N)n2)c(C)c1. The number of nitrogens with zero attached hydrogens (tertiary/aromatic N) is 2. The van der Waals surface area contributed by atoms with Crippen LogP contribution in [0.5, 0.6) is 0 Å². The molecule has 0 saturated heterocycles. The number of amides is 1. The largest absolute Gasteiger partial charge is 0.375 e. The molecule has 6 heteroatoms. The Balaban J connectivity index is 1.95. The molecular formula is C17H24N4OS. The molecule has 1 amide bonds. The second kappa shape index (κ2) is 7.97. The van der Waals surface area contributed by atoms with E-state index >= 15 is 0 Å². The van der Waals surface area contributed by atoms with E-state index in [1.807, 2.05) is 18.4 Å². The average molecular weight is 332 g/mol. The van der Waals surface area contributed by atoms with Crippen molar-refractivity contribution in [2.24, 2.45) is 0 Å². The third-order valence-electron chi connectivity index (χ3n) is 3.79. The summed E-state index contributed by atoms with van der Waals surface area (Å²) in [6.07, 6.45) is 1.01. The highest BCUT2D eigenvalue weighted by atomic mass is 32.1. The molecule has 2 rings (SSSR count). The van der Waals surface area contributed by atoms with Gasteiger partial charge in [0.2, 0.25) is 5.91 Å². The molecule has 0 atom stereocenters. The maximum Gasteiger partial charge on any atom is 0.224 e. The Bertz CT molecular complexity index is 664. The summed E-state index contributed by atoms with van der Waals surface area (Å²) in [7, 11) is 0. The first-order valence-electron chi connectivity index (χ1n) is 7.88. The van der Waals surface area contributed by atoms with E-state index in [4.69, 9.17) is 5.73 Å². The zero-order valence-electron chi connectivity index (χ0n) is 13.9. The van der Waals surface area contributed by atoms with Crippen LogP contribution in [0, 0.1) is 6.92 Å². The highest BCUT2D eigenvalue weighted by Gasteiger charge is 2.09. The summed E-state index contributed by atoms with van der Waals surface area (Å²) in [6, 6.07) is 6.14. The smallest absolute Gasteiger partial charge is 0.224 e. The zero-order chi connectivity index (χ0) is 16.8. The molecule has 23 heavy (non-hydrogen) atoms. The van der Waals surface area contributed by atoms with E-state index in [0.29, 0.717) is 18.0 Å². The fraction of sp³-hybridized carbons (Fsp3) is 0.412. The molecule has 1 aromatic carbocycles. The number of nitrogens with one attached hydrogen (secondary N) is 1. The molecule has 0 fully saturated rings. The van der Waals surface area contributed by atoms with Gasteiger partial charge in [-0.1, -0.05) is 0 Å². The minimum Gasteiger partial charge on any atom is -0.375 e. The van der Waals surface area contributed by atoms with Gasteiger partial charge in [-0.3, -0.25) is 4.79 Å². The van der Waals surface area contributed by atoms with Crippen LogP contribution in [-0.4, -0.2) is 24.0 Å². The summed E-state index contributed by atoms with van der Waals surface area (Å²) < 4.78 is 0. The number of nitrogens with two attached hydrogens (primary N) is 1. The van der Waals surface area contributed by atoms with Crippen molar-refractivity contribution < 1.29 is 4.79 Å². The number of aromatic nitrogens is 1. The van der Waals surface area contributed by atoms with Crippen LogP contribution in [0.2, 0.25) is 0 Å². The lowest BCUT2D eigenvalue weighted by Gasteiger charge is -2.22. The number of aryl methyl sites for hydroxylation is 2. The first-order valence-corrected chi connectivity index (χ1v) is 8.76. The highest BCUT2D eigenvalue weighted by Crippen LogP contribution is 2.23. The molecule has 0 aliphatic rings. The molecule has 0 aliphatic carbocycles. The number of benzene rings is 1. The molecule has 0 aliphatic heterocycles. The second-order valence-corrected chi connectivity index (χ2v) is 6.29. The van der Waals surface area contributed by atoms with E-state index in [2.05, 4.69) is 41.2 Å². The summed E-state index contributed by atoms with van der Waals surface area (Å²) in [5.41, 5.74) is 9.58. The molecule has 3 N–H and O–H groups in total. The van der Waals surface area contributed by atoms with Crippen LogP contribution in [0.1, 0.15) is 31.5 Å². The summed E-state index contributed by atoms with van der Waals surface area (Å²) in [4.78, 5) is 18.5. The number of carbonyl (C=O) groups is 1. The van der Waals surface area contributed by atoms with Crippen LogP contribution < -0.4 is 16.0 Å². The topological polar surface area (TPSA) is 71.2 Å². The standard InChI is InChI=1S/C17H24N4OS/c1-4-21(5-2)14-7-8-15(12(3)10-14)20-16(22)9-6-13-11-23-17(18)19-13/h7-8,10-11H,4-6,9H2,1-3H3,(H2,18,19)(H,20,22). The van der Waals surface area contributed by atoms with Crippen molar-refractivity contribution in [1.29, 1.82) is 0 Å². The van der Waals surface area contributed by atoms with Crippen molar-refractivity contribution in [1.82, 2.24) is 4.98 Å². The minimum absolute atomic E-state index is 0.00439. The van der Waals surface area contributed by atoms with Crippen molar-refractivity contribution in [2.75, 3.05) is 29.0 Å². The fourth-order valence-corrected chi connectivity index (χ4v) is 3.06. The van der Waals surface area contributed by atoms with Gasteiger partial charge in [-0.2, -0.15) is 0 Å². The van der Waals surface area contributed by atoms with Crippen LogP contribution in [0.25, 0.3) is 0 Å².